The van der Waals surface area contributed by atoms with E-state index in [0.717, 1.165) is 5.39 Å². The average molecular weight is 398 g/mol. The number of amides is 1. The van der Waals surface area contributed by atoms with Crippen LogP contribution in [0, 0.1) is 0 Å². The van der Waals surface area contributed by atoms with Crippen molar-refractivity contribution in [2.75, 3.05) is 17.7 Å². The molecule has 0 bridgehead atoms. The van der Waals surface area contributed by atoms with Crippen LogP contribution in [0.5, 0.6) is 0 Å². The van der Waals surface area contributed by atoms with Gasteiger partial charge in [0, 0.05) is 23.3 Å². The van der Waals surface area contributed by atoms with Gasteiger partial charge in [0.2, 0.25) is 0 Å². The molecule has 0 radical (unpaired) electrons. The highest BCUT2D eigenvalue weighted by Crippen LogP contribution is 2.23. The van der Waals surface area contributed by atoms with Gasteiger partial charge >= 0.3 is 5.97 Å². The van der Waals surface area contributed by atoms with Crippen LogP contribution in [0.1, 0.15) is 20.7 Å². The summed E-state index contributed by atoms with van der Waals surface area (Å²) in [5, 5.41) is 6.91. The van der Waals surface area contributed by atoms with Crippen molar-refractivity contribution in [3.05, 3.63) is 90.3 Å². The standard InChI is InChI=1S/C23H18N4O3/c1-30-23(29)17-8-2-3-9-18(17)26-20-14-16(11-13-24-20)22(28)27-19-10-4-6-15-7-5-12-25-21(15)19/h2-14H,1H3,(H,24,26)(H,27,28). The minimum Gasteiger partial charge on any atom is -0.465 e. The van der Waals surface area contributed by atoms with E-state index >= 15 is 0 Å². The molecule has 4 aromatic rings. The first-order chi connectivity index (χ1) is 14.7. The molecule has 2 aromatic carbocycles. The quantitative estimate of drug-likeness (QED) is 0.484. The molecule has 0 spiro atoms. The second-order valence-corrected chi connectivity index (χ2v) is 6.43. The van der Waals surface area contributed by atoms with Crippen LogP contribution in [0.15, 0.2) is 79.1 Å². The van der Waals surface area contributed by atoms with E-state index in [1.165, 1.54) is 13.3 Å². The summed E-state index contributed by atoms with van der Waals surface area (Å²) < 4.78 is 4.81. The zero-order chi connectivity index (χ0) is 20.9. The SMILES string of the molecule is COC(=O)c1ccccc1Nc1cc(C(=O)Nc2cccc3cccnc23)ccn1. The zero-order valence-corrected chi connectivity index (χ0v) is 16.1. The van der Waals surface area contributed by atoms with Gasteiger partial charge in [0.05, 0.1) is 29.6 Å². The van der Waals surface area contributed by atoms with Gasteiger partial charge in [0.15, 0.2) is 0 Å². The molecule has 7 heteroatoms. The lowest BCUT2D eigenvalue weighted by molar-refractivity contribution is 0.0601. The van der Waals surface area contributed by atoms with Crippen LogP contribution in [0.2, 0.25) is 0 Å². The first-order valence-corrected chi connectivity index (χ1v) is 9.21. The number of nitrogens with zero attached hydrogens (tertiary/aromatic N) is 2. The molecule has 0 saturated carbocycles. The second kappa shape index (κ2) is 8.40. The zero-order valence-electron chi connectivity index (χ0n) is 16.1. The van der Waals surface area contributed by atoms with E-state index in [4.69, 9.17) is 4.74 Å². The van der Waals surface area contributed by atoms with E-state index in [1.807, 2.05) is 24.3 Å². The van der Waals surface area contributed by atoms with E-state index in [2.05, 4.69) is 20.6 Å². The molecule has 0 aliphatic rings. The Morgan fingerprint density at radius 3 is 2.53 bits per heavy atom. The van der Waals surface area contributed by atoms with E-state index in [-0.39, 0.29) is 5.91 Å². The monoisotopic (exact) mass is 398 g/mol. The number of ether oxygens (including phenoxy) is 1. The van der Waals surface area contributed by atoms with E-state index in [9.17, 15) is 9.59 Å². The number of hydrogen-bond acceptors (Lipinski definition) is 6. The number of methoxy groups -OCH3 is 1. The summed E-state index contributed by atoms with van der Waals surface area (Å²) in [6, 6.07) is 19.5. The lowest BCUT2D eigenvalue weighted by atomic mass is 10.1. The molecule has 0 aliphatic carbocycles. The fourth-order valence-corrected chi connectivity index (χ4v) is 3.06. The fourth-order valence-electron chi connectivity index (χ4n) is 3.06. The second-order valence-electron chi connectivity index (χ2n) is 6.43. The maximum Gasteiger partial charge on any atom is 0.339 e. The van der Waals surface area contributed by atoms with Crippen molar-refractivity contribution in [3.63, 3.8) is 0 Å². The summed E-state index contributed by atoms with van der Waals surface area (Å²) in [6.07, 6.45) is 3.21. The third-order valence-corrected chi connectivity index (χ3v) is 4.50. The van der Waals surface area contributed by atoms with E-state index < -0.39 is 5.97 Å². The molecule has 0 aliphatic heterocycles. The fraction of sp³-hybridized carbons (Fsp3) is 0.0435. The van der Waals surface area contributed by atoms with Gasteiger partial charge in [0.1, 0.15) is 5.82 Å². The summed E-state index contributed by atoms with van der Waals surface area (Å²) >= 11 is 0. The van der Waals surface area contributed by atoms with Gasteiger partial charge in [0.25, 0.3) is 5.91 Å². The first-order valence-electron chi connectivity index (χ1n) is 9.21. The summed E-state index contributed by atoms with van der Waals surface area (Å²) in [5.74, 6) is -0.328. The highest BCUT2D eigenvalue weighted by Gasteiger charge is 2.13. The molecule has 2 N–H and O–H groups in total. The lowest BCUT2D eigenvalue weighted by Crippen LogP contribution is -2.13. The van der Waals surface area contributed by atoms with Gasteiger partial charge in [-0.1, -0.05) is 30.3 Å². The van der Waals surface area contributed by atoms with Gasteiger partial charge in [-0.25, -0.2) is 9.78 Å². The lowest BCUT2D eigenvalue weighted by Gasteiger charge is -2.11. The number of esters is 1. The number of carbonyl (C=O) groups is 2. The maximum atomic E-state index is 12.8. The van der Waals surface area contributed by atoms with Gasteiger partial charge in [-0.2, -0.15) is 0 Å². The average Bonchev–Trinajstić information content (AvgIpc) is 2.79. The predicted molar refractivity (Wildman–Crippen MR) is 115 cm³/mol. The van der Waals surface area contributed by atoms with Crippen molar-refractivity contribution >= 4 is 40.0 Å². The van der Waals surface area contributed by atoms with Gasteiger partial charge in [-0.05, 0) is 36.4 Å². The Labute approximate surface area is 172 Å². The molecule has 2 heterocycles. The summed E-state index contributed by atoms with van der Waals surface area (Å²) in [5.41, 5.74) is 2.66. The number of benzene rings is 2. The number of anilines is 3. The first kappa shape index (κ1) is 19.1. The molecule has 0 atom stereocenters. The van der Waals surface area contributed by atoms with Gasteiger partial charge < -0.3 is 15.4 Å². The van der Waals surface area contributed by atoms with Gasteiger partial charge in [-0.3, -0.25) is 9.78 Å². The molecule has 2 aromatic heterocycles. The third-order valence-electron chi connectivity index (χ3n) is 4.50. The normalized spacial score (nSPS) is 10.4. The van der Waals surface area contributed by atoms with Crippen LogP contribution in [0.4, 0.5) is 17.2 Å². The Kier molecular flexibility index (Phi) is 5.34. The minimum atomic E-state index is -0.463. The molecule has 30 heavy (non-hydrogen) atoms. The molecule has 148 valence electrons. The molecule has 4 rings (SSSR count). The van der Waals surface area contributed by atoms with Crippen LogP contribution >= 0.6 is 0 Å². The number of carbonyl (C=O) groups excluding carboxylic acids is 2. The van der Waals surface area contributed by atoms with Crippen molar-refractivity contribution < 1.29 is 14.3 Å². The minimum absolute atomic E-state index is 0.292. The molecular weight excluding hydrogens is 380 g/mol. The van der Waals surface area contributed by atoms with Gasteiger partial charge in [-0.15, -0.1) is 0 Å². The highest BCUT2D eigenvalue weighted by molar-refractivity contribution is 6.08. The van der Waals surface area contributed by atoms with Crippen LogP contribution < -0.4 is 10.6 Å². The Hall–Kier alpha value is -4.26. The van der Waals surface area contributed by atoms with Crippen LogP contribution in [-0.4, -0.2) is 29.0 Å². The Morgan fingerprint density at radius 1 is 0.867 bits per heavy atom. The number of nitrogens with one attached hydrogen (secondary N) is 2. The number of aromatic nitrogens is 2. The predicted octanol–water partition coefficient (Wildman–Crippen LogP) is 4.41. The van der Waals surface area contributed by atoms with E-state index in [1.54, 1.807) is 48.7 Å². The number of para-hydroxylation sites is 2. The number of rotatable bonds is 5. The summed E-state index contributed by atoms with van der Waals surface area (Å²) in [4.78, 5) is 33.4. The Balaban J connectivity index is 1.58. The van der Waals surface area contributed by atoms with Crippen molar-refractivity contribution in [2.45, 2.75) is 0 Å². The number of pyridine rings is 2. The topological polar surface area (TPSA) is 93.2 Å². The third kappa shape index (κ3) is 3.95. The Bertz CT molecular complexity index is 1230. The van der Waals surface area contributed by atoms with E-state index in [0.29, 0.717) is 33.8 Å². The Morgan fingerprint density at radius 2 is 1.67 bits per heavy atom. The largest absolute Gasteiger partial charge is 0.465 e. The number of fused-ring (bicyclic) bond motifs is 1. The van der Waals surface area contributed by atoms with Crippen LogP contribution in [-0.2, 0) is 4.74 Å². The molecule has 1 amide bonds. The molecule has 0 saturated heterocycles. The molecule has 0 unspecified atom stereocenters. The van der Waals surface area contributed by atoms with Crippen LogP contribution in [0.3, 0.4) is 0 Å². The maximum absolute atomic E-state index is 12.8. The summed E-state index contributed by atoms with van der Waals surface area (Å²) in [7, 11) is 1.32. The van der Waals surface area contributed by atoms with Crippen molar-refractivity contribution in [1.82, 2.24) is 9.97 Å². The number of hydrogen-bond donors (Lipinski definition) is 2. The van der Waals surface area contributed by atoms with Crippen molar-refractivity contribution in [1.29, 1.82) is 0 Å². The molecule has 0 fully saturated rings. The molecule has 7 nitrogen and oxygen atoms in total. The molecular formula is C23H18N4O3. The summed E-state index contributed by atoms with van der Waals surface area (Å²) in [6.45, 7) is 0. The highest BCUT2D eigenvalue weighted by atomic mass is 16.5. The van der Waals surface area contributed by atoms with Crippen LogP contribution in [0.25, 0.3) is 10.9 Å². The van der Waals surface area contributed by atoms with Crippen molar-refractivity contribution in [2.24, 2.45) is 0 Å². The van der Waals surface area contributed by atoms with Crippen molar-refractivity contribution in [3.8, 4) is 0 Å². The smallest absolute Gasteiger partial charge is 0.339 e.